The molecular formula is C10H10BrN3O3S2. The van der Waals surface area contributed by atoms with E-state index in [1.807, 2.05) is 12.1 Å². The highest BCUT2D eigenvalue weighted by atomic mass is 79.9. The van der Waals surface area contributed by atoms with E-state index in [2.05, 4.69) is 26.1 Å². The van der Waals surface area contributed by atoms with Gasteiger partial charge >= 0.3 is 11.7 Å². The number of aliphatic carboxylic acids is 1. The number of aromatic amines is 1. The third kappa shape index (κ3) is 3.95. The topological polar surface area (TPSA) is 88.0 Å². The Kier molecular flexibility index (Phi) is 4.83. The van der Waals surface area contributed by atoms with Crippen molar-refractivity contribution in [3.63, 3.8) is 0 Å². The van der Waals surface area contributed by atoms with E-state index in [0.717, 1.165) is 20.4 Å². The van der Waals surface area contributed by atoms with Gasteiger partial charge in [-0.3, -0.25) is 9.36 Å². The maximum absolute atomic E-state index is 11.6. The first-order valence-corrected chi connectivity index (χ1v) is 7.90. The largest absolute Gasteiger partial charge is 0.481 e. The van der Waals surface area contributed by atoms with Crippen LogP contribution in [0, 0.1) is 0 Å². The molecule has 0 spiro atoms. The van der Waals surface area contributed by atoms with Crippen molar-refractivity contribution < 1.29 is 9.90 Å². The molecule has 0 saturated heterocycles. The lowest BCUT2D eigenvalue weighted by atomic mass is 10.3. The predicted molar refractivity (Wildman–Crippen MR) is 76.9 cm³/mol. The number of hydrogen-bond acceptors (Lipinski definition) is 5. The van der Waals surface area contributed by atoms with Gasteiger partial charge in [0.15, 0.2) is 5.16 Å². The molecule has 2 aromatic rings. The minimum absolute atomic E-state index is 0.116. The van der Waals surface area contributed by atoms with Crippen LogP contribution in [0.2, 0.25) is 0 Å². The van der Waals surface area contributed by atoms with E-state index in [4.69, 9.17) is 5.11 Å². The van der Waals surface area contributed by atoms with Gasteiger partial charge in [-0.15, -0.1) is 16.4 Å². The van der Waals surface area contributed by atoms with Crippen LogP contribution in [0.1, 0.15) is 4.88 Å². The Hall–Kier alpha value is -1.06. The average Bonchev–Trinajstić information content (AvgIpc) is 2.91. The number of nitrogens with zero attached hydrogens (tertiary/aromatic N) is 2. The van der Waals surface area contributed by atoms with E-state index >= 15 is 0 Å². The van der Waals surface area contributed by atoms with Gasteiger partial charge in [0.2, 0.25) is 0 Å². The summed E-state index contributed by atoms with van der Waals surface area (Å²) in [5.74, 6) is -1.05. The highest BCUT2D eigenvalue weighted by Gasteiger charge is 2.11. The van der Waals surface area contributed by atoms with Crippen LogP contribution >= 0.6 is 39.0 Å². The molecule has 0 aliphatic carbocycles. The minimum Gasteiger partial charge on any atom is -0.481 e. The van der Waals surface area contributed by atoms with Crippen molar-refractivity contribution in [1.29, 1.82) is 0 Å². The summed E-state index contributed by atoms with van der Waals surface area (Å²) in [6, 6.07) is 3.95. The molecule has 2 heterocycles. The molecule has 0 saturated carbocycles. The second kappa shape index (κ2) is 6.40. The predicted octanol–water partition coefficient (Wildman–Crippen LogP) is 1.81. The molecule has 0 amide bonds. The molecule has 0 radical (unpaired) electrons. The maximum Gasteiger partial charge on any atom is 0.343 e. The number of aromatic nitrogens is 3. The Morgan fingerprint density at radius 1 is 1.58 bits per heavy atom. The third-order valence-electron chi connectivity index (χ3n) is 2.26. The van der Waals surface area contributed by atoms with Crippen LogP contribution in [0.15, 0.2) is 25.9 Å². The van der Waals surface area contributed by atoms with Crippen LogP contribution in [0.25, 0.3) is 0 Å². The zero-order valence-corrected chi connectivity index (χ0v) is 12.8. The van der Waals surface area contributed by atoms with Crippen molar-refractivity contribution in [1.82, 2.24) is 14.8 Å². The van der Waals surface area contributed by atoms with Crippen molar-refractivity contribution in [2.75, 3.05) is 5.75 Å². The molecule has 2 rings (SSSR count). The second-order valence-corrected chi connectivity index (χ2v) is 7.09. The van der Waals surface area contributed by atoms with Crippen LogP contribution in [-0.4, -0.2) is 31.6 Å². The summed E-state index contributed by atoms with van der Waals surface area (Å²) < 4.78 is 2.50. The van der Waals surface area contributed by atoms with E-state index in [0.29, 0.717) is 18.1 Å². The van der Waals surface area contributed by atoms with Crippen molar-refractivity contribution in [3.8, 4) is 0 Å². The SMILES string of the molecule is O=C(O)CSc1n[nH]c(=O)n1CCc1ccc(Br)s1. The fourth-order valence-corrected chi connectivity index (χ4v) is 3.61. The van der Waals surface area contributed by atoms with Gasteiger partial charge < -0.3 is 5.11 Å². The van der Waals surface area contributed by atoms with Gasteiger partial charge in [-0.25, -0.2) is 9.89 Å². The molecule has 2 N–H and O–H groups in total. The number of thioether (sulfide) groups is 1. The molecule has 0 aliphatic heterocycles. The highest BCUT2D eigenvalue weighted by Crippen LogP contribution is 2.23. The standard InChI is InChI=1S/C10H10BrN3O3S2/c11-7-2-1-6(19-7)3-4-14-9(17)12-13-10(14)18-5-8(15)16/h1-2H,3-5H2,(H,12,17)(H,15,16). The normalized spacial score (nSPS) is 10.8. The molecule has 0 unspecified atom stereocenters. The van der Waals surface area contributed by atoms with Crippen molar-refractivity contribution in [2.24, 2.45) is 0 Å². The summed E-state index contributed by atoms with van der Waals surface area (Å²) >= 11 is 6.02. The summed E-state index contributed by atoms with van der Waals surface area (Å²) in [7, 11) is 0. The van der Waals surface area contributed by atoms with E-state index < -0.39 is 5.97 Å². The van der Waals surface area contributed by atoms with Gasteiger partial charge in [0, 0.05) is 17.8 Å². The minimum atomic E-state index is -0.936. The first kappa shape index (κ1) is 14.4. The Bertz CT molecular complexity index is 634. The molecular weight excluding hydrogens is 354 g/mol. The lowest BCUT2D eigenvalue weighted by molar-refractivity contribution is -0.133. The summed E-state index contributed by atoms with van der Waals surface area (Å²) in [6.07, 6.45) is 0.705. The molecule has 0 aliphatic rings. The van der Waals surface area contributed by atoms with Gasteiger partial charge in [-0.05, 0) is 28.1 Å². The Balaban J connectivity index is 2.04. The zero-order chi connectivity index (χ0) is 13.8. The number of thiophene rings is 1. The van der Waals surface area contributed by atoms with E-state index in [1.165, 1.54) is 4.57 Å². The number of rotatable bonds is 6. The van der Waals surface area contributed by atoms with Crippen molar-refractivity contribution >= 4 is 45.0 Å². The number of hydrogen-bond donors (Lipinski definition) is 2. The monoisotopic (exact) mass is 363 g/mol. The quantitative estimate of drug-likeness (QED) is 0.764. The number of carbonyl (C=O) groups is 1. The Morgan fingerprint density at radius 2 is 2.37 bits per heavy atom. The Morgan fingerprint density at radius 3 is 3.00 bits per heavy atom. The average molecular weight is 364 g/mol. The third-order valence-corrected chi connectivity index (χ3v) is 4.90. The summed E-state index contributed by atoms with van der Waals surface area (Å²) in [5, 5.41) is 15.2. The smallest absolute Gasteiger partial charge is 0.343 e. The summed E-state index contributed by atoms with van der Waals surface area (Å²) in [5.41, 5.74) is -0.316. The van der Waals surface area contributed by atoms with Crippen molar-refractivity contribution in [2.45, 2.75) is 18.1 Å². The summed E-state index contributed by atoms with van der Waals surface area (Å²) in [6.45, 7) is 0.476. The van der Waals surface area contributed by atoms with E-state index in [-0.39, 0.29) is 11.4 Å². The number of H-pyrrole nitrogens is 1. The van der Waals surface area contributed by atoms with Crippen LogP contribution in [0.3, 0.4) is 0 Å². The van der Waals surface area contributed by atoms with Gasteiger partial charge in [0.1, 0.15) is 0 Å². The number of halogens is 1. The number of aryl methyl sites for hydroxylation is 1. The molecule has 0 bridgehead atoms. The van der Waals surface area contributed by atoms with Gasteiger partial charge in [0.05, 0.1) is 9.54 Å². The molecule has 19 heavy (non-hydrogen) atoms. The first-order chi connectivity index (χ1) is 9.06. The van der Waals surface area contributed by atoms with Crippen LogP contribution in [-0.2, 0) is 17.8 Å². The van der Waals surface area contributed by atoms with Gasteiger partial charge in [0.25, 0.3) is 0 Å². The molecule has 6 nitrogen and oxygen atoms in total. The molecule has 9 heteroatoms. The molecule has 0 fully saturated rings. The number of nitrogens with one attached hydrogen (secondary N) is 1. The Labute approximate surface area is 125 Å². The molecule has 0 aromatic carbocycles. The second-order valence-electron chi connectivity index (χ2n) is 3.60. The first-order valence-electron chi connectivity index (χ1n) is 5.30. The molecule has 2 aromatic heterocycles. The lowest BCUT2D eigenvalue weighted by Crippen LogP contribution is -2.19. The zero-order valence-electron chi connectivity index (χ0n) is 9.63. The summed E-state index contributed by atoms with van der Waals surface area (Å²) in [4.78, 5) is 23.3. The fourth-order valence-electron chi connectivity index (χ4n) is 1.44. The van der Waals surface area contributed by atoms with Gasteiger partial charge in [-0.2, -0.15) is 0 Å². The molecule has 102 valence electrons. The lowest BCUT2D eigenvalue weighted by Gasteiger charge is -2.03. The van der Waals surface area contributed by atoms with Gasteiger partial charge in [-0.1, -0.05) is 11.8 Å². The number of carboxylic acids is 1. The van der Waals surface area contributed by atoms with E-state index in [9.17, 15) is 9.59 Å². The maximum atomic E-state index is 11.6. The van der Waals surface area contributed by atoms with E-state index in [1.54, 1.807) is 11.3 Å². The highest BCUT2D eigenvalue weighted by molar-refractivity contribution is 9.11. The fraction of sp³-hybridized carbons (Fsp3) is 0.300. The number of carboxylic acid groups (broad SMARTS) is 1. The van der Waals surface area contributed by atoms with Crippen molar-refractivity contribution in [3.05, 3.63) is 31.3 Å². The molecule has 0 atom stereocenters. The van der Waals surface area contributed by atoms with Crippen LogP contribution in [0.4, 0.5) is 0 Å². The van der Waals surface area contributed by atoms with Crippen LogP contribution in [0.5, 0.6) is 0 Å². The van der Waals surface area contributed by atoms with Crippen LogP contribution < -0.4 is 5.69 Å².